The van der Waals surface area contributed by atoms with Crippen LogP contribution in [0.3, 0.4) is 0 Å². The zero-order valence-electron chi connectivity index (χ0n) is 13.2. The number of aromatic nitrogens is 2. The molecule has 0 amide bonds. The number of benzene rings is 1. The Balaban J connectivity index is 1.57. The van der Waals surface area contributed by atoms with Crippen molar-refractivity contribution in [3.05, 3.63) is 30.0 Å². The molecule has 114 valence electrons. The topological polar surface area (TPSA) is 33.1 Å². The molecule has 0 bridgehead atoms. The van der Waals surface area contributed by atoms with Crippen LogP contribution in [-0.2, 0) is 13.1 Å². The number of nitrogens with one attached hydrogen (secondary N) is 1. The molecule has 1 heterocycles. The van der Waals surface area contributed by atoms with E-state index in [4.69, 9.17) is 5.10 Å². The van der Waals surface area contributed by atoms with E-state index in [0.29, 0.717) is 0 Å². The van der Waals surface area contributed by atoms with Gasteiger partial charge in [-0.1, -0.05) is 25.1 Å². The van der Waals surface area contributed by atoms with Gasteiger partial charge in [-0.05, 0) is 32.4 Å². The summed E-state index contributed by atoms with van der Waals surface area (Å²) in [6.07, 6.45) is 2.78. The molecule has 1 aromatic carbocycles. The van der Waals surface area contributed by atoms with E-state index in [1.165, 1.54) is 36.0 Å². The summed E-state index contributed by atoms with van der Waals surface area (Å²) in [4.78, 5) is 2.58. The molecule has 3 rings (SSSR count). The predicted molar refractivity (Wildman–Crippen MR) is 87.4 cm³/mol. The molecule has 4 nitrogen and oxygen atoms in total. The summed E-state index contributed by atoms with van der Waals surface area (Å²) in [7, 11) is 0. The Morgan fingerprint density at radius 2 is 2.10 bits per heavy atom. The fraction of sp³-hybridized carbons (Fsp3) is 0.588. The first kappa shape index (κ1) is 14.5. The van der Waals surface area contributed by atoms with Gasteiger partial charge in [-0.15, -0.1) is 0 Å². The van der Waals surface area contributed by atoms with Gasteiger partial charge in [-0.2, -0.15) is 5.10 Å². The van der Waals surface area contributed by atoms with Crippen molar-refractivity contribution in [1.29, 1.82) is 0 Å². The smallest absolute Gasteiger partial charge is 0.0841 e. The van der Waals surface area contributed by atoms with Crippen LogP contribution in [0.1, 0.15) is 32.4 Å². The Morgan fingerprint density at radius 1 is 1.29 bits per heavy atom. The van der Waals surface area contributed by atoms with Crippen molar-refractivity contribution in [3.8, 4) is 0 Å². The van der Waals surface area contributed by atoms with Crippen LogP contribution in [0.15, 0.2) is 24.3 Å². The minimum absolute atomic E-state index is 0.857. The summed E-state index contributed by atoms with van der Waals surface area (Å²) in [6.45, 7) is 9.53. The largest absolute Gasteiger partial charge is 0.310 e. The van der Waals surface area contributed by atoms with Crippen LogP contribution < -0.4 is 5.32 Å². The Hall–Kier alpha value is -1.39. The molecule has 0 unspecified atom stereocenters. The molecule has 0 aliphatic heterocycles. The standard InChI is InChI=1S/C17H26N4/c1-3-20(14-9-10-14)12-11-18-13-16-15-7-5-6-8-17(15)21(4-2)19-16/h5-8,14,18H,3-4,9-13H2,1-2H3. The molecule has 0 atom stereocenters. The van der Waals surface area contributed by atoms with E-state index in [0.717, 1.165) is 32.2 Å². The number of fused-ring (bicyclic) bond motifs is 1. The van der Waals surface area contributed by atoms with Gasteiger partial charge in [0, 0.05) is 37.6 Å². The van der Waals surface area contributed by atoms with Crippen LogP contribution in [-0.4, -0.2) is 40.4 Å². The quantitative estimate of drug-likeness (QED) is 0.757. The fourth-order valence-electron chi connectivity index (χ4n) is 3.04. The molecule has 0 radical (unpaired) electrons. The zero-order valence-corrected chi connectivity index (χ0v) is 13.2. The fourth-order valence-corrected chi connectivity index (χ4v) is 3.04. The molecule has 21 heavy (non-hydrogen) atoms. The van der Waals surface area contributed by atoms with Crippen LogP contribution in [0.25, 0.3) is 10.9 Å². The van der Waals surface area contributed by atoms with Crippen molar-refractivity contribution in [2.24, 2.45) is 0 Å². The second-order valence-electron chi connectivity index (χ2n) is 5.82. The lowest BCUT2D eigenvalue weighted by atomic mass is 10.2. The van der Waals surface area contributed by atoms with Gasteiger partial charge in [0.1, 0.15) is 0 Å². The Kier molecular flexibility index (Phi) is 4.56. The van der Waals surface area contributed by atoms with Gasteiger partial charge in [0.2, 0.25) is 0 Å². The summed E-state index contributed by atoms with van der Waals surface area (Å²) in [5.41, 5.74) is 2.41. The summed E-state index contributed by atoms with van der Waals surface area (Å²) in [5, 5.41) is 9.57. The van der Waals surface area contributed by atoms with Crippen LogP contribution in [0.2, 0.25) is 0 Å². The normalized spacial score (nSPS) is 15.2. The second-order valence-corrected chi connectivity index (χ2v) is 5.82. The van der Waals surface area contributed by atoms with E-state index in [2.05, 4.69) is 53.0 Å². The van der Waals surface area contributed by atoms with Crippen molar-refractivity contribution < 1.29 is 0 Å². The monoisotopic (exact) mass is 286 g/mol. The van der Waals surface area contributed by atoms with Crippen LogP contribution >= 0.6 is 0 Å². The Morgan fingerprint density at radius 3 is 2.81 bits per heavy atom. The van der Waals surface area contributed by atoms with E-state index in [-0.39, 0.29) is 0 Å². The van der Waals surface area contributed by atoms with E-state index in [1.54, 1.807) is 0 Å². The van der Waals surface area contributed by atoms with Gasteiger partial charge in [0.15, 0.2) is 0 Å². The molecule has 4 heteroatoms. The van der Waals surface area contributed by atoms with Gasteiger partial charge < -0.3 is 5.32 Å². The lowest BCUT2D eigenvalue weighted by Crippen LogP contribution is -2.33. The maximum Gasteiger partial charge on any atom is 0.0841 e. The SMILES string of the molecule is CCN(CCNCc1nn(CC)c2ccccc12)C1CC1. The van der Waals surface area contributed by atoms with Crippen LogP contribution in [0, 0.1) is 0 Å². The molecular weight excluding hydrogens is 260 g/mol. The molecule has 1 N–H and O–H groups in total. The molecule has 1 saturated carbocycles. The highest BCUT2D eigenvalue weighted by Crippen LogP contribution is 2.25. The number of rotatable bonds is 8. The molecule has 0 saturated heterocycles. The maximum atomic E-state index is 4.73. The van der Waals surface area contributed by atoms with E-state index < -0.39 is 0 Å². The number of aryl methyl sites for hydroxylation is 1. The highest BCUT2D eigenvalue weighted by atomic mass is 15.3. The molecule has 1 fully saturated rings. The predicted octanol–water partition coefficient (Wildman–Crippen LogP) is 2.63. The third-order valence-electron chi connectivity index (χ3n) is 4.37. The van der Waals surface area contributed by atoms with Gasteiger partial charge >= 0.3 is 0 Å². The first-order chi connectivity index (χ1) is 10.3. The summed E-state index contributed by atoms with van der Waals surface area (Å²) in [6, 6.07) is 9.37. The molecule has 0 spiro atoms. The van der Waals surface area contributed by atoms with Gasteiger partial charge in [0.05, 0.1) is 11.2 Å². The summed E-state index contributed by atoms with van der Waals surface area (Å²) >= 11 is 0. The zero-order chi connectivity index (χ0) is 14.7. The van der Waals surface area contributed by atoms with Crippen molar-refractivity contribution in [1.82, 2.24) is 20.0 Å². The second kappa shape index (κ2) is 6.58. The van der Waals surface area contributed by atoms with Crippen LogP contribution in [0.5, 0.6) is 0 Å². The summed E-state index contributed by atoms with van der Waals surface area (Å²) < 4.78 is 2.09. The van der Waals surface area contributed by atoms with Gasteiger partial charge in [-0.3, -0.25) is 9.58 Å². The van der Waals surface area contributed by atoms with E-state index in [1.807, 2.05) is 0 Å². The Bertz CT molecular complexity index is 585. The number of nitrogens with zero attached hydrogens (tertiary/aromatic N) is 3. The third kappa shape index (κ3) is 3.27. The lowest BCUT2D eigenvalue weighted by molar-refractivity contribution is 0.277. The number of likely N-dealkylation sites (N-methyl/N-ethyl adjacent to an activating group) is 1. The molecule has 1 aliphatic rings. The minimum atomic E-state index is 0.857. The number of hydrogen-bond acceptors (Lipinski definition) is 3. The summed E-state index contributed by atoms with van der Waals surface area (Å²) in [5.74, 6) is 0. The number of hydrogen-bond donors (Lipinski definition) is 1. The highest BCUT2D eigenvalue weighted by molar-refractivity contribution is 5.81. The van der Waals surface area contributed by atoms with Crippen molar-refractivity contribution in [2.75, 3.05) is 19.6 Å². The average molecular weight is 286 g/mol. The molecule has 1 aliphatic carbocycles. The van der Waals surface area contributed by atoms with Gasteiger partial charge in [-0.25, -0.2) is 0 Å². The first-order valence-electron chi connectivity index (χ1n) is 8.22. The van der Waals surface area contributed by atoms with Crippen molar-refractivity contribution in [2.45, 2.75) is 45.8 Å². The average Bonchev–Trinajstić information content (AvgIpc) is 3.30. The minimum Gasteiger partial charge on any atom is -0.310 e. The highest BCUT2D eigenvalue weighted by Gasteiger charge is 2.27. The molecular formula is C17H26N4. The first-order valence-corrected chi connectivity index (χ1v) is 8.22. The molecule has 1 aromatic heterocycles. The number of para-hydroxylation sites is 1. The van der Waals surface area contributed by atoms with Gasteiger partial charge in [0.25, 0.3) is 0 Å². The van der Waals surface area contributed by atoms with E-state index in [9.17, 15) is 0 Å². The lowest BCUT2D eigenvalue weighted by Gasteiger charge is -2.19. The van der Waals surface area contributed by atoms with Crippen molar-refractivity contribution >= 4 is 10.9 Å². The van der Waals surface area contributed by atoms with Crippen molar-refractivity contribution in [3.63, 3.8) is 0 Å². The van der Waals surface area contributed by atoms with E-state index >= 15 is 0 Å². The Labute approximate surface area is 127 Å². The molecule has 2 aromatic rings. The maximum absolute atomic E-state index is 4.73. The third-order valence-corrected chi connectivity index (χ3v) is 4.37. The van der Waals surface area contributed by atoms with Crippen LogP contribution in [0.4, 0.5) is 0 Å².